The summed E-state index contributed by atoms with van der Waals surface area (Å²) in [5, 5.41) is 3.18. The number of anilines is 1. The zero-order valence-corrected chi connectivity index (χ0v) is 17.1. The molecule has 2 saturated heterocycles. The van der Waals surface area contributed by atoms with Crippen molar-refractivity contribution in [2.45, 2.75) is 38.5 Å². The van der Waals surface area contributed by atoms with Crippen LogP contribution in [-0.4, -0.2) is 71.7 Å². The zero-order chi connectivity index (χ0) is 20.2. The Morgan fingerprint density at radius 1 is 1.14 bits per heavy atom. The van der Waals surface area contributed by atoms with Gasteiger partial charge in [-0.3, -0.25) is 9.69 Å². The van der Waals surface area contributed by atoms with Gasteiger partial charge in [0.25, 0.3) is 0 Å². The van der Waals surface area contributed by atoms with E-state index in [1.165, 1.54) is 0 Å². The quantitative estimate of drug-likeness (QED) is 0.835. The Morgan fingerprint density at radius 2 is 1.90 bits per heavy atom. The highest BCUT2D eigenvalue weighted by Gasteiger charge is 2.28. The summed E-state index contributed by atoms with van der Waals surface area (Å²) in [7, 11) is 0. The first-order valence-electron chi connectivity index (χ1n) is 10.4. The van der Waals surface area contributed by atoms with Crippen LogP contribution in [0.4, 0.5) is 5.95 Å². The van der Waals surface area contributed by atoms with E-state index in [0.717, 1.165) is 49.8 Å². The largest absolute Gasteiger partial charge is 0.373 e. The van der Waals surface area contributed by atoms with Crippen LogP contribution < -0.4 is 10.2 Å². The van der Waals surface area contributed by atoms with Crippen LogP contribution in [0.25, 0.3) is 11.3 Å². The molecule has 3 atom stereocenters. The third kappa shape index (κ3) is 5.10. The molecule has 2 aliphatic rings. The molecule has 1 N–H and O–H groups in total. The van der Waals surface area contributed by atoms with E-state index < -0.39 is 0 Å². The fourth-order valence-corrected chi connectivity index (χ4v) is 4.22. The Hall–Kier alpha value is -2.51. The van der Waals surface area contributed by atoms with Crippen LogP contribution in [0.2, 0.25) is 0 Å². The summed E-state index contributed by atoms with van der Waals surface area (Å²) in [5.41, 5.74) is 1.99. The van der Waals surface area contributed by atoms with Gasteiger partial charge in [-0.1, -0.05) is 30.3 Å². The van der Waals surface area contributed by atoms with E-state index in [4.69, 9.17) is 9.72 Å². The number of nitrogens with zero attached hydrogens (tertiary/aromatic N) is 4. The van der Waals surface area contributed by atoms with E-state index in [1.807, 2.05) is 36.4 Å². The molecule has 4 rings (SSSR count). The van der Waals surface area contributed by atoms with Crippen molar-refractivity contribution in [2.24, 2.45) is 0 Å². The Kier molecular flexibility index (Phi) is 6.06. The highest BCUT2D eigenvalue weighted by molar-refractivity contribution is 5.78. The van der Waals surface area contributed by atoms with Gasteiger partial charge in [0.05, 0.1) is 24.4 Å². The summed E-state index contributed by atoms with van der Waals surface area (Å²) in [6.45, 7) is 7.71. The fourth-order valence-electron chi connectivity index (χ4n) is 4.22. The molecule has 0 bridgehead atoms. The van der Waals surface area contributed by atoms with E-state index >= 15 is 0 Å². The van der Waals surface area contributed by atoms with Gasteiger partial charge in [-0.25, -0.2) is 9.97 Å². The predicted molar refractivity (Wildman–Crippen MR) is 113 cm³/mol. The molecular weight excluding hydrogens is 366 g/mol. The van der Waals surface area contributed by atoms with E-state index in [2.05, 4.69) is 33.9 Å². The molecule has 0 saturated carbocycles. The Balaban J connectivity index is 1.32. The van der Waals surface area contributed by atoms with E-state index in [9.17, 15) is 4.79 Å². The van der Waals surface area contributed by atoms with Crippen LogP contribution in [0.15, 0.2) is 42.6 Å². The van der Waals surface area contributed by atoms with Gasteiger partial charge in [-0.05, 0) is 26.3 Å². The minimum absolute atomic E-state index is 0.0807. The molecule has 1 amide bonds. The molecule has 7 nitrogen and oxygen atoms in total. The normalized spacial score (nSPS) is 25.2. The van der Waals surface area contributed by atoms with Crippen LogP contribution >= 0.6 is 0 Å². The second kappa shape index (κ2) is 8.88. The Bertz CT molecular complexity index is 821. The SMILES string of the molecule is C[C@@H]1CN(CC(=O)NC2CCN(c3nccc(-c4ccccc4)n3)C2)C[C@H](C)O1. The van der Waals surface area contributed by atoms with Crippen molar-refractivity contribution in [1.29, 1.82) is 0 Å². The molecule has 1 unspecified atom stereocenters. The molecule has 1 aromatic heterocycles. The predicted octanol–water partition coefficient (Wildman–Crippen LogP) is 1.95. The second-order valence-electron chi connectivity index (χ2n) is 8.06. The number of hydrogen-bond acceptors (Lipinski definition) is 6. The van der Waals surface area contributed by atoms with Gasteiger partial charge in [0.2, 0.25) is 11.9 Å². The minimum Gasteiger partial charge on any atom is -0.373 e. The number of hydrogen-bond donors (Lipinski definition) is 1. The molecule has 0 aliphatic carbocycles. The average Bonchev–Trinajstić information content (AvgIpc) is 3.16. The van der Waals surface area contributed by atoms with Crippen molar-refractivity contribution in [3.8, 4) is 11.3 Å². The van der Waals surface area contributed by atoms with Crippen molar-refractivity contribution in [1.82, 2.24) is 20.2 Å². The zero-order valence-electron chi connectivity index (χ0n) is 17.1. The number of benzene rings is 1. The highest BCUT2D eigenvalue weighted by Crippen LogP contribution is 2.21. The first kappa shape index (κ1) is 19.8. The van der Waals surface area contributed by atoms with E-state index in [1.54, 1.807) is 6.20 Å². The van der Waals surface area contributed by atoms with E-state index in [-0.39, 0.29) is 24.2 Å². The number of amides is 1. The van der Waals surface area contributed by atoms with Crippen molar-refractivity contribution >= 4 is 11.9 Å². The lowest BCUT2D eigenvalue weighted by atomic mass is 10.1. The summed E-state index contributed by atoms with van der Waals surface area (Å²) in [6, 6.07) is 12.2. The van der Waals surface area contributed by atoms with Crippen LogP contribution in [0.3, 0.4) is 0 Å². The molecule has 154 valence electrons. The molecule has 0 radical (unpaired) electrons. The minimum atomic E-state index is 0.0807. The number of morpholine rings is 1. The third-order valence-electron chi connectivity index (χ3n) is 5.41. The number of rotatable bonds is 5. The van der Waals surface area contributed by atoms with Crippen LogP contribution in [0, 0.1) is 0 Å². The van der Waals surface area contributed by atoms with Crippen molar-refractivity contribution < 1.29 is 9.53 Å². The number of ether oxygens (including phenoxy) is 1. The van der Waals surface area contributed by atoms with Gasteiger partial charge in [0.1, 0.15) is 0 Å². The van der Waals surface area contributed by atoms with E-state index in [0.29, 0.717) is 6.54 Å². The lowest BCUT2D eigenvalue weighted by Gasteiger charge is -2.34. The molecule has 3 heterocycles. The maximum atomic E-state index is 12.5. The first-order valence-corrected chi connectivity index (χ1v) is 10.4. The molecular formula is C22H29N5O2. The molecule has 1 aromatic carbocycles. The number of aromatic nitrogens is 2. The number of carbonyl (C=O) groups excluding carboxylic acids is 1. The monoisotopic (exact) mass is 395 g/mol. The summed E-state index contributed by atoms with van der Waals surface area (Å²) < 4.78 is 5.74. The Labute approximate surface area is 172 Å². The van der Waals surface area contributed by atoms with Crippen molar-refractivity contribution in [2.75, 3.05) is 37.6 Å². The molecule has 2 aliphatic heterocycles. The topological polar surface area (TPSA) is 70.6 Å². The maximum Gasteiger partial charge on any atom is 0.234 e. The molecule has 29 heavy (non-hydrogen) atoms. The van der Waals surface area contributed by atoms with Crippen LogP contribution in [0.1, 0.15) is 20.3 Å². The number of nitrogens with one attached hydrogen (secondary N) is 1. The van der Waals surface area contributed by atoms with Crippen molar-refractivity contribution in [3.05, 3.63) is 42.6 Å². The Morgan fingerprint density at radius 3 is 2.66 bits per heavy atom. The van der Waals surface area contributed by atoms with Gasteiger partial charge in [0, 0.05) is 44.0 Å². The third-order valence-corrected chi connectivity index (χ3v) is 5.41. The van der Waals surface area contributed by atoms with Crippen LogP contribution in [-0.2, 0) is 9.53 Å². The number of carbonyl (C=O) groups is 1. The lowest BCUT2D eigenvalue weighted by Crippen LogP contribution is -2.50. The summed E-state index contributed by atoms with van der Waals surface area (Å²) >= 11 is 0. The summed E-state index contributed by atoms with van der Waals surface area (Å²) in [5.74, 6) is 0.802. The molecule has 2 fully saturated rings. The van der Waals surface area contributed by atoms with Crippen LogP contribution in [0.5, 0.6) is 0 Å². The van der Waals surface area contributed by atoms with Gasteiger partial charge in [0.15, 0.2) is 0 Å². The van der Waals surface area contributed by atoms with Gasteiger partial charge < -0.3 is 15.0 Å². The summed E-state index contributed by atoms with van der Waals surface area (Å²) in [6.07, 6.45) is 3.04. The molecule has 0 spiro atoms. The van der Waals surface area contributed by atoms with Gasteiger partial charge >= 0.3 is 0 Å². The molecule has 2 aromatic rings. The smallest absolute Gasteiger partial charge is 0.234 e. The lowest BCUT2D eigenvalue weighted by molar-refractivity contribution is -0.126. The average molecular weight is 396 g/mol. The van der Waals surface area contributed by atoms with Gasteiger partial charge in [-0.2, -0.15) is 0 Å². The summed E-state index contributed by atoms with van der Waals surface area (Å²) in [4.78, 5) is 26.0. The fraction of sp³-hybridized carbons (Fsp3) is 0.500. The highest BCUT2D eigenvalue weighted by atomic mass is 16.5. The standard InChI is InChI=1S/C22H29N5O2/c1-16-12-26(13-17(2)29-16)15-21(28)24-19-9-11-27(14-19)22-23-10-8-20(25-22)18-6-4-3-5-7-18/h3-8,10,16-17,19H,9,11-15H2,1-2H3,(H,24,28)/t16-,17+,19?. The molecule has 7 heteroatoms. The second-order valence-corrected chi connectivity index (χ2v) is 8.06. The van der Waals surface area contributed by atoms with Crippen molar-refractivity contribution in [3.63, 3.8) is 0 Å². The maximum absolute atomic E-state index is 12.5. The first-order chi connectivity index (χ1) is 14.1. The van der Waals surface area contributed by atoms with Gasteiger partial charge in [-0.15, -0.1) is 0 Å².